The number of aliphatic carboxylic acids is 1. The number of hydrogen-bond acceptors (Lipinski definition) is 3. The Bertz CT molecular complexity index is 1590. The second kappa shape index (κ2) is 12.9. The highest BCUT2D eigenvalue weighted by Gasteiger charge is 2.24. The predicted molar refractivity (Wildman–Crippen MR) is 160 cm³/mol. The monoisotopic (exact) mass is 560 g/mol. The molecule has 208 valence electrons. The molecule has 1 aliphatic carbocycles. The van der Waals surface area contributed by atoms with E-state index in [2.05, 4.69) is 24.2 Å². The Morgan fingerprint density at radius 3 is 2.48 bits per heavy atom. The van der Waals surface area contributed by atoms with Gasteiger partial charge in [-0.1, -0.05) is 66.9 Å². The van der Waals surface area contributed by atoms with Gasteiger partial charge in [0.25, 0.3) is 0 Å². The lowest BCUT2D eigenvalue weighted by atomic mass is 9.86. The van der Waals surface area contributed by atoms with E-state index in [-0.39, 0.29) is 11.7 Å². The van der Waals surface area contributed by atoms with Gasteiger partial charge in [0.1, 0.15) is 28.1 Å². The average Bonchev–Trinajstić information content (AvgIpc) is 3.23. The zero-order valence-corrected chi connectivity index (χ0v) is 24.0. The number of rotatable bonds is 6. The van der Waals surface area contributed by atoms with Gasteiger partial charge in [-0.25, -0.2) is 9.37 Å². The Balaban J connectivity index is 0.000000461. The fourth-order valence-electron chi connectivity index (χ4n) is 4.32. The molecule has 0 bridgehead atoms. The smallest absolute Gasteiger partial charge is 0.306 e. The number of halogens is 2. The van der Waals surface area contributed by atoms with Crippen LogP contribution in [0.25, 0.3) is 28.0 Å². The molecule has 4 aromatic rings. The molecule has 0 saturated heterocycles. The summed E-state index contributed by atoms with van der Waals surface area (Å²) in [7, 11) is 1.75. The van der Waals surface area contributed by atoms with Crippen molar-refractivity contribution < 1.29 is 14.3 Å². The zero-order valence-electron chi connectivity index (χ0n) is 23.2. The minimum absolute atomic E-state index is 0.000000000000000444. The molecule has 2 N–H and O–H groups in total. The quantitative estimate of drug-likeness (QED) is 0.185. The number of benzene rings is 2. The van der Waals surface area contributed by atoms with Gasteiger partial charge < -0.3 is 10.4 Å². The fourth-order valence-corrected chi connectivity index (χ4v) is 4.61. The molecule has 0 atom stereocenters. The van der Waals surface area contributed by atoms with Gasteiger partial charge in [-0.05, 0) is 62.4 Å². The molecule has 1 fully saturated rings. The van der Waals surface area contributed by atoms with Crippen LogP contribution >= 0.6 is 11.6 Å². The van der Waals surface area contributed by atoms with E-state index in [1.807, 2.05) is 66.2 Å². The number of aromatic nitrogens is 2. The van der Waals surface area contributed by atoms with Crippen molar-refractivity contribution in [1.29, 1.82) is 0 Å². The number of nitrogens with zero attached hydrogens (tertiary/aromatic N) is 3. The number of carboxylic acid groups (broad SMARTS) is 1. The summed E-state index contributed by atoms with van der Waals surface area (Å²) in [6.45, 7) is 6.05. The van der Waals surface area contributed by atoms with Crippen LogP contribution < -0.4 is 5.32 Å². The largest absolute Gasteiger partial charge is 0.481 e. The highest BCUT2D eigenvalue weighted by Crippen LogP contribution is 2.37. The lowest BCUT2D eigenvalue weighted by Gasteiger charge is -2.19. The van der Waals surface area contributed by atoms with Crippen LogP contribution in [0.4, 0.5) is 4.39 Å². The predicted octanol–water partition coefficient (Wildman–Crippen LogP) is 7.92. The number of carboxylic acids is 1. The van der Waals surface area contributed by atoms with E-state index < -0.39 is 5.97 Å². The fraction of sp³-hybridized carbons (Fsp3) is 0.281. The van der Waals surface area contributed by atoms with E-state index in [0.29, 0.717) is 22.1 Å². The van der Waals surface area contributed by atoms with Gasteiger partial charge in [0, 0.05) is 36.1 Å². The molecule has 2 heterocycles. The second-order valence-corrected chi connectivity index (χ2v) is 10.3. The summed E-state index contributed by atoms with van der Waals surface area (Å²) < 4.78 is 16.6. The molecule has 2 aromatic heterocycles. The topological polar surface area (TPSA) is 79.0 Å². The van der Waals surface area contributed by atoms with Crippen molar-refractivity contribution in [2.75, 3.05) is 7.05 Å². The molecule has 1 saturated carbocycles. The molecule has 40 heavy (non-hydrogen) atoms. The normalized spacial score (nSPS) is 13.9. The first-order valence-corrected chi connectivity index (χ1v) is 13.8. The van der Waals surface area contributed by atoms with Crippen LogP contribution in [0.3, 0.4) is 0 Å². The van der Waals surface area contributed by atoms with E-state index in [1.165, 1.54) is 11.6 Å². The molecule has 8 heteroatoms. The number of imidazole rings is 1. The highest BCUT2D eigenvalue weighted by molar-refractivity contribution is 6.32. The van der Waals surface area contributed by atoms with Crippen molar-refractivity contribution in [2.24, 2.45) is 10.9 Å². The third kappa shape index (κ3) is 6.42. The number of hydrogen-bond donors (Lipinski definition) is 2. The number of allylic oxidation sites excluding steroid dienone is 1. The SMILES string of the molecule is CCC(C)=CNC(=NC)c1ccn2c(Cl)c(-c3ccccc3-c3ccc(C)cc3F)nc2c1.O=C(O)C1CCC1. The van der Waals surface area contributed by atoms with Crippen LogP contribution in [-0.2, 0) is 4.79 Å². The summed E-state index contributed by atoms with van der Waals surface area (Å²) in [5.41, 5.74) is 6.34. The van der Waals surface area contributed by atoms with Crippen molar-refractivity contribution in [1.82, 2.24) is 14.7 Å². The van der Waals surface area contributed by atoms with E-state index >= 15 is 0 Å². The van der Waals surface area contributed by atoms with Gasteiger partial charge >= 0.3 is 5.97 Å². The standard InChI is InChI=1S/C27H26ClFN4.C5H8O2/c1-5-17(2)16-31-27(30-4)19-12-13-33-24(15-19)32-25(26(33)28)22-9-7-6-8-20(22)21-11-10-18(3)14-23(21)29;6-5(7)4-2-1-3-4/h6-16H,5H2,1-4H3,(H,30,31);4H,1-3H2,(H,6,7). The average molecular weight is 561 g/mol. The Hall–Kier alpha value is -3.97. The molecular weight excluding hydrogens is 527 g/mol. The summed E-state index contributed by atoms with van der Waals surface area (Å²) in [4.78, 5) is 19.2. The lowest BCUT2D eigenvalue weighted by molar-refractivity contribution is -0.144. The molecule has 1 aliphatic rings. The van der Waals surface area contributed by atoms with Crippen molar-refractivity contribution in [2.45, 2.75) is 46.5 Å². The van der Waals surface area contributed by atoms with Crippen LogP contribution in [0, 0.1) is 18.7 Å². The maximum Gasteiger partial charge on any atom is 0.306 e. The number of fused-ring (bicyclic) bond motifs is 1. The Morgan fingerprint density at radius 1 is 1.18 bits per heavy atom. The van der Waals surface area contributed by atoms with Crippen molar-refractivity contribution in [3.63, 3.8) is 0 Å². The summed E-state index contributed by atoms with van der Waals surface area (Å²) in [5, 5.41) is 12.0. The summed E-state index contributed by atoms with van der Waals surface area (Å²) >= 11 is 6.75. The lowest BCUT2D eigenvalue weighted by Crippen LogP contribution is -2.20. The number of nitrogens with one attached hydrogen (secondary N) is 1. The Labute approximate surface area is 239 Å². The molecule has 6 nitrogen and oxygen atoms in total. The first kappa shape index (κ1) is 29.0. The van der Waals surface area contributed by atoms with Gasteiger partial charge in [-0.3, -0.25) is 14.2 Å². The maximum absolute atomic E-state index is 14.8. The molecule has 5 rings (SSSR count). The Kier molecular flexibility index (Phi) is 9.38. The number of carbonyl (C=O) groups is 1. The van der Waals surface area contributed by atoms with E-state index in [0.717, 1.165) is 53.8 Å². The van der Waals surface area contributed by atoms with Gasteiger partial charge in [0.2, 0.25) is 0 Å². The van der Waals surface area contributed by atoms with Crippen molar-refractivity contribution in [3.8, 4) is 22.4 Å². The third-order valence-electron chi connectivity index (χ3n) is 7.13. The minimum atomic E-state index is -0.619. The number of pyridine rings is 1. The van der Waals surface area contributed by atoms with E-state index in [1.54, 1.807) is 13.1 Å². The molecule has 0 aliphatic heterocycles. The van der Waals surface area contributed by atoms with Crippen LogP contribution in [-0.4, -0.2) is 33.3 Å². The molecule has 0 radical (unpaired) electrons. The van der Waals surface area contributed by atoms with Gasteiger partial charge in [0.15, 0.2) is 0 Å². The Morgan fingerprint density at radius 2 is 1.90 bits per heavy atom. The number of aliphatic imine (C=N–C) groups is 1. The van der Waals surface area contributed by atoms with Crippen LogP contribution in [0.5, 0.6) is 0 Å². The van der Waals surface area contributed by atoms with Crippen LogP contribution in [0.15, 0.2) is 77.6 Å². The van der Waals surface area contributed by atoms with Crippen molar-refractivity contribution >= 4 is 29.1 Å². The first-order valence-electron chi connectivity index (χ1n) is 13.4. The first-order chi connectivity index (χ1) is 19.2. The maximum atomic E-state index is 14.8. The molecule has 0 amide bonds. The minimum Gasteiger partial charge on any atom is -0.481 e. The molecule has 2 aromatic carbocycles. The number of amidine groups is 1. The third-order valence-corrected chi connectivity index (χ3v) is 7.49. The van der Waals surface area contributed by atoms with E-state index in [4.69, 9.17) is 21.7 Å². The summed E-state index contributed by atoms with van der Waals surface area (Å²) in [6, 6.07) is 16.7. The highest BCUT2D eigenvalue weighted by atomic mass is 35.5. The second-order valence-electron chi connectivity index (χ2n) is 9.95. The number of aryl methyl sites for hydroxylation is 1. The summed E-state index contributed by atoms with van der Waals surface area (Å²) in [6.07, 6.45) is 7.70. The molecular formula is C32H34ClFN4O2. The van der Waals surface area contributed by atoms with Gasteiger partial charge in [0.05, 0.1) is 5.92 Å². The van der Waals surface area contributed by atoms with Gasteiger partial charge in [-0.15, -0.1) is 0 Å². The van der Waals surface area contributed by atoms with Crippen LogP contribution in [0.1, 0.15) is 50.7 Å². The van der Waals surface area contributed by atoms with Crippen LogP contribution in [0.2, 0.25) is 5.15 Å². The molecule has 0 spiro atoms. The van der Waals surface area contributed by atoms with Gasteiger partial charge in [-0.2, -0.15) is 0 Å². The van der Waals surface area contributed by atoms with E-state index in [9.17, 15) is 9.18 Å². The zero-order chi connectivity index (χ0) is 28.8. The van der Waals surface area contributed by atoms with Crippen molar-refractivity contribution in [3.05, 3.63) is 94.7 Å². The summed E-state index contributed by atoms with van der Waals surface area (Å²) in [5.74, 6) is -0.144. The molecule has 0 unspecified atom stereocenters.